The summed E-state index contributed by atoms with van der Waals surface area (Å²) in [5.74, 6) is 0. The van der Waals surface area contributed by atoms with E-state index in [9.17, 15) is 0 Å². The molecule has 0 fully saturated rings. The first kappa shape index (κ1) is 15.6. The van der Waals surface area contributed by atoms with E-state index in [1.54, 1.807) is 7.11 Å². The van der Waals surface area contributed by atoms with E-state index in [-0.39, 0.29) is 0 Å². The molecule has 18 heavy (non-hydrogen) atoms. The van der Waals surface area contributed by atoms with Gasteiger partial charge in [0.25, 0.3) is 0 Å². The van der Waals surface area contributed by atoms with E-state index >= 15 is 0 Å². The highest BCUT2D eigenvalue weighted by Gasteiger charge is 2.02. The highest BCUT2D eigenvalue weighted by Crippen LogP contribution is 2.19. The lowest BCUT2D eigenvalue weighted by atomic mass is 10.1. The van der Waals surface area contributed by atoms with Gasteiger partial charge in [0.15, 0.2) is 0 Å². The van der Waals surface area contributed by atoms with Crippen molar-refractivity contribution in [2.24, 2.45) is 0 Å². The van der Waals surface area contributed by atoms with Crippen molar-refractivity contribution in [1.29, 1.82) is 0 Å². The molecule has 3 nitrogen and oxygen atoms in total. The molecule has 1 aromatic carbocycles. The van der Waals surface area contributed by atoms with Crippen LogP contribution in [0.25, 0.3) is 0 Å². The minimum absolute atomic E-state index is 0.618. The predicted molar refractivity (Wildman–Crippen MR) is 77.7 cm³/mol. The smallest absolute Gasteiger partial charge is 0.0728 e. The molecule has 0 heterocycles. The molecule has 0 atom stereocenters. The van der Waals surface area contributed by atoms with E-state index in [1.165, 1.54) is 11.1 Å². The Morgan fingerprint density at radius 1 is 1.28 bits per heavy atom. The number of benzene rings is 1. The van der Waals surface area contributed by atoms with Crippen molar-refractivity contribution < 1.29 is 9.47 Å². The minimum atomic E-state index is 0.618. The molecule has 1 aromatic rings. The maximum atomic E-state index is 5.51. The molecule has 4 heteroatoms. The van der Waals surface area contributed by atoms with Crippen molar-refractivity contribution >= 4 is 15.9 Å². The van der Waals surface area contributed by atoms with Crippen molar-refractivity contribution in [3.8, 4) is 0 Å². The van der Waals surface area contributed by atoms with Gasteiger partial charge in [0.05, 0.1) is 19.8 Å². The summed E-state index contributed by atoms with van der Waals surface area (Å²) in [7, 11) is 1.68. The second kappa shape index (κ2) is 9.50. The highest BCUT2D eigenvalue weighted by atomic mass is 79.9. The largest absolute Gasteiger partial charge is 0.382 e. The van der Waals surface area contributed by atoms with Crippen LogP contribution in [-0.4, -0.2) is 26.9 Å². The van der Waals surface area contributed by atoms with Crippen LogP contribution < -0.4 is 5.32 Å². The van der Waals surface area contributed by atoms with Crippen molar-refractivity contribution in [2.45, 2.75) is 26.5 Å². The molecule has 0 saturated heterocycles. The van der Waals surface area contributed by atoms with Crippen molar-refractivity contribution in [3.63, 3.8) is 0 Å². The maximum absolute atomic E-state index is 5.51. The summed E-state index contributed by atoms with van der Waals surface area (Å²) in [6.45, 7) is 6.02. The summed E-state index contributed by atoms with van der Waals surface area (Å²) in [5.41, 5.74) is 2.46. The first-order valence-electron chi connectivity index (χ1n) is 6.32. The van der Waals surface area contributed by atoms with Gasteiger partial charge in [-0.3, -0.25) is 0 Å². The zero-order valence-electron chi connectivity index (χ0n) is 11.2. The number of hydrogen-bond acceptors (Lipinski definition) is 3. The fraction of sp³-hybridized carbons (Fsp3) is 0.571. The van der Waals surface area contributed by atoms with E-state index in [4.69, 9.17) is 9.47 Å². The normalized spacial score (nSPS) is 10.8. The highest BCUT2D eigenvalue weighted by molar-refractivity contribution is 9.10. The van der Waals surface area contributed by atoms with Crippen LogP contribution >= 0.6 is 15.9 Å². The molecule has 1 N–H and O–H groups in total. The molecule has 0 unspecified atom stereocenters. The third kappa shape index (κ3) is 5.96. The van der Waals surface area contributed by atoms with E-state index in [2.05, 4.69) is 46.4 Å². The topological polar surface area (TPSA) is 30.5 Å². The van der Waals surface area contributed by atoms with E-state index in [0.717, 1.165) is 24.0 Å². The number of rotatable bonds is 9. The second-order valence-electron chi connectivity index (χ2n) is 4.15. The number of nitrogens with one attached hydrogen (secondary N) is 1. The average molecular weight is 316 g/mol. The lowest BCUT2D eigenvalue weighted by Gasteiger charge is -2.09. The molecule has 0 spiro atoms. The van der Waals surface area contributed by atoms with Crippen molar-refractivity contribution in [2.75, 3.05) is 26.9 Å². The summed E-state index contributed by atoms with van der Waals surface area (Å²) < 4.78 is 11.6. The Morgan fingerprint density at radius 3 is 2.78 bits per heavy atom. The van der Waals surface area contributed by atoms with Crippen LogP contribution in [0.1, 0.15) is 24.5 Å². The van der Waals surface area contributed by atoms with Gasteiger partial charge in [0.2, 0.25) is 0 Å². The Hall–Kier alpha value is -0.420. The number of ether oxygens (including phenoxy) is 2. The molecule has 0 aliphatic rings. The van der Waals surface area contributed by atoms with Crippen LogP contribution in [-0.2, 0) is 22.6 Å². The first-order chi connectivity index (χ1) is 8.77. The van der Waals surface area contributed by atoms with Gasteiger partial charge in [0.1, 0.15) is 0 Å². The molecule has 0 radical (unpaired) electrons. The van der Waals surface area contributed by atoms with Gasteiger partial charge >= 0.3 is 0 Å². The fourth-order valence-corrected chi connectivity index (χ4v) is 2.09. The van der Waals surface area contributed by atoms with Gasteiger partial charge < -0.3 is 14.8 Å². The summed E-state index contributed by atoms with van der Waals surface area (Å²) in [4.78, 5) is 0. The Bertz CT molecular complexity index is 345. The number of hydrogen-bond donors (Lipinski definition) is 1. The maximum Gasteiger partial charge on any atom is 0.0728 e. The van der Waals surface area contributed by atoms with Crippen LogP contribution in [0.4, 0.5) is 0 Å². The van der Waals surface area contributed by atoms with Crippen molar-refractivity contribution in [1.82, 2.24) is 5.32 Å². The molecular formula is C14H22BrNO2. The van der Waals surface area contributed by atoms with Gasteiger partial charge in [-0.25, -0.2) is 0 Å². The molecule has 0 aromatic heterocycles. The van der Waals surface area contributed by atoms with Crippen molar-refractivity contribution in [3.05, 3.63) is 33.8 Å². The lowest BCUT2D eigenvalue weighted by molar-refractivity contribution is 0.0614. The van der Waals surface area contributed by atoms with Crippen LogP contribution in [0.3, 0.4) is 0 Å². The second-order valence-corrected chi connectivity index (χ2v) is 5.00. The molecule has 0 amide bonds. The molecule has 0 aliphatic carbocycles. The lowest BCUT2D eigenvalue weighted by Crippen LogP contribution is -2.13. The van der Waals surface area contributed by atoms with Crippen LogP contribution in [0.2, 0.25) is 0 Å². The Labute approximate surface area is 118 Å². The van der Waals surface area contributed by atoms with Crippen LogP contribution in [0.15, 0.2) is 22.7 Å². The minimum Gasteiger partial charge on any atom is -0.382 e. The molecule has 1 rings (SSSR count). The number of methoxy groups -OCH3 is 1. The molecule has 0 bridgehead atoms. The Balaban J connectivity index is 2.41. The quantitative estimate of drug-likeness (QED) is 0.710. The van der Waals surface area contributed by atoms with Gasteiger partial charge in [-0.05, 0) is 30.2 Å². The van der Waals surface area contributed by atoms with E-state index < -0.39 is 0 Å². The molecule has 0 aliphatic heterocycles. The summed E-state index contributed by atoms with van der Waals surface area (Å²) in [5, 5.41) is 3.39. The Kier molecular flexibility index (Phi) is 8.25. The van der Waals surface area contributed by atoms with E-state index in [1.807, 2.05) is 0 Å². The zero-order chi connectivity index (χ0) is 13.2. The third-order valence-electron chi connectivity index (χ3n) is 2.56. The molecule has 102 valence electrons. The van der Waals surface area contributed by atoms with Crippen LogP contribution in [0.5, 0.6) is 0 Å². The summed E-state index contributed by atoms with van der Waals surface area (Å²) >= 11 is 3.59. The van der Waals surface area contributed by atoms with E-state index in [0.29, 0.717) is 19.8 Å². The molecular weight excluding hydrogens is 294 g/mol. The van der Waals surface area contributed by atoms with Gasteiger partial charge in [0, 0.05) is 18.1 Å². The summed E-state index contributed by atoms with van der Waals surface area (Å²) in [6.07, 6.45) is 1.16. The third-order valence-corrected chi connectivity index (χ3v) is 3.30. The van der Waals surface area contributed by atoms with Gasteiger partial charge in [-0.2, -0.15) is 0 Å². The summed E-state index contributed by atoms with van der Waals surface area (Å²) in [6, 6.07) is 6.40. The van der Waals surface area contributed by atoms with Gasteiger partial charge in [-0.15, -0.1) is 0 Å². The standard InChI is InChI=1S/C14H22BrNO2/c1-3-6-16-10-12-4-5-13(14(15)9-12)11-18-8-7-17-2/h4-5,9,16H,3,6-8,10-11H2,1-2H3. The SMILES string of the molecule is CCCNCc1ccc(COCCOC)c(Br)c1. The Morgan fingerprint density at radius 2 is 2.11 bits per heavy atom. The fourth-order valence-electron chi connectivity index (χ4n) is 1.55. The monoisotopic (exact) mass is 315 g/mol. The first-order valence-corrected chi connectivity index (χ1v) is 7.12. The molecule has 0 saturated carbocycles. The number of halogens is 1. The predicted octanol–water partition coefficient (Wildman–Crippen LogP) is 3.11. The zero-order valence-corrected chi connectivity index (χ0v) is 12.8. The van der Waals surface area contributed by atoms with Gasteiger partial charge in [-0.1, -0.05) is 35.0 Å². The van der Waals surface area contributed by atoms with Crippen LogP contribution in [0, 0.1) is 0 Å². The average Bonchev–Trinajstić information content (AvgIpc) is 2.37.